The molecule has 5 heteroatoms. The molecule has 0 aliphatic carbocycles. The largest absolute Gasteiger partial charge is 0.506 e. The van der Waals surface area contributed by atoms with Crippen LogP contribution < -0.4 is 10.1 Å². The predicted molar refractivity (Wildman–Crippen MR) is 69.3 cm³/mol. The topological polar surface area (TPSA) is 75.6 Å². The molecular weight excluding hydrogens is 246 g/mol. The first kappa shape index (κ1) is 12.6. The second kappa shape index (κ2) is 5.68. The van der Waals surface area contributed by atoms with Crippen molar-refractivity contribution < 1.29 is 19.4 Å². The maximum Gasteiger partial charge on any atom is 0.288 e. The quantitative estimate of drug-likeness (QED) is 0.500. The van der Waals surface area contributed by atoms with Gasteiger partial charge in [0.25, 0.3) is 5.91 Å². The van der Waals surface area contributed by atoms with Gasteiger partial charge in [-0.2, -0.15) is 0 Å². The first-order chi connectivity index (χ1) is 9.19. The highest BCUT2D eigenvalue weighted by molar-refractivity contribution is 6.29. The Bertz CT molecular complexity index is 596. The van der Waals surface area contributed by atoms with Crippen LogP contribution in [0.3, 0.4) is 0 Å². The second-order valence-corrected chi connectivity index (χ2v) is 3.70. The van der Waals surface area contributed by atoms with Crippen molar-refractivity contribution >= 4 is 17.9 Å². The Morgan fingerprint density at radius 2 is 1.84 bits per heavy atom. The van der Waals surface area contributed by atoms with Gasteiger partial charge in [-0.15, -0.1) is 0 Å². The summed E-state index contributed by atoms with van der Waals surface area (Å²) < 4.78 is 5.50. The number of ether oxygens (including phenoxy) is 1. The summed E-state index contributed by atoms with van der Waals surface area (Å²) in [4.78, 5) is 21.1. The summed E-state index contributed by atoms with van der Waals surface area (Å²) in [5, 5.41) is 11.9. The lowest BCUT2D eigenvalue weighted by Crippen LogP contribution is -2.12. The van der Waals surface area contributed by atoms with Crippen LogP contribution in [0, 0.1) is 0 Å². The Morgan fingerprint density at radius 3 is 2.47 bits per heavy atom. The number of aromatic hydroxyl groups is 1. The molecule has 0 fully saturated rings. The lowest BCUT2D eigenvalue weighted by atomic mass is 10.2. The van der Waals surface area contributed by atoms with Gasteiger partial charge in [-0.1, -0.05) is 18.2 Å². The van der Waals surface area contributed by atoms with E-state index < -0.39 is 5.91 Å². The monoisotopic (exact) mass is 257 g/mol. The molecular formula is C14H11NO4. The molecule has 0 heterocycles. The summed E-state index contributed by atoms with van der Waals surface area (Å²) >= 11 is 0. The van der Waals surface area contributed by atoms with E-state index in [1.54, 1.807) is 18.2 Å². The molecule has 0 atom stereocenters. The molecule has 2 rings (SSSR count). The summed E-state index contributed by atoms with van der Waals surface area (Å²) in [6.07, 6.45) is 0.133. The number of anilines is 1. The van der Waals surface area contributed by atoms with Crippen LogP contribution in [0.1, 0.15) is 0 Å². The number of amides is 1. The van der Waals surface area contributed by atoms with Gasteiger partial charge >= 0.3 is 0 Å². The lowest BCUT2D eigenvalue weighted by Gasteiger charge is -2.08. The number of hydrogen-bond donors (Lipinski definition) is 2. The molecule has 0 spiro atoms. The molecule has 0 bridgehead atoms. The normalized spacial score (nSPS) is 9.68. The third-order valence-corrected chi connectivity index (χ3v) is 2.31. The number of phenolic OH excluding ortho intramolecular Hbond substituents is 1. The molecule has 0 aliphatic rings. The van der Waals surface area contributed by atoms with E-state index in [9.17, 15) is 14.7 Å². The standard InChI is InChI=1S/C14H11NO4/c16-9-14(18)15-12-7-6-11(8-13(12)17)19-10-4-2-1-3-5-10/h1-9,17H,(H,15,18). The first-order valence-corrected chi connectivity index (χ1v) is 5.51. The van der Waals surface area contributed by atoms with E-state index >= 15 is 0 Å². The van der Waals surface area contributed by atoms with Gasteiger partial charge in [-0.05, 0) is 24.3 Å². The smallest absolute Gasteiger partial charge is 0.288 e. The Balaban J connectivity index is 2.15. The Morgan fingerprint density at radius 1 is 1.11 bits per heavy atom. The van der Waals surface area contributed by atoms with Crippen molar-refractivity contribution in [2.45, 2.75) is 0 Å². The van der Waals surface area contributed by atoms with Crippen LogP contribution in [-0.4, -0.2) is 17.3 Å². The van der Waals surface area contributed by atoms with Gasteiger partial charge in [0.15, 0.2) is 0 Å². The van der Waals surface area contributed by atoms with E-state index in [4.69, 9.17) is 4.74 Å². The van der Waals surface area contributed by atoms with Crippen LogP contribution in [-0.2, 0) is 9.59 Å². The lowest BCUT2D eigenvalue weighted by molar-refractivity contribution is -0.127. The van der Waals surface area contributed by atoms with Gasteiger partial charge in [0.2, 0.25) is 6.29 Å². The summed E-state index contributed by atoms with van der Waals surface area (Å²) in [5.41, 5.74) is 0.150. The van der Waals surface area contributed by atoms with E-state index in [1.165, 1.54) is 12.1 Å². The van der Waals surface area contributed by atoms with Crippen molar-refractivity contribution in [2.75, 3.05) is 5.32 Å². The number of phenols is 1. The zero-order valence-corrected chi connectivity index (χ0v) is 9.87. The van der Waals surface area contributed by atoms with Crippen LogP contribution in [0.5, 0.6) is 17.2 Å². The van der Waals surface area contributed by atoms with Crippen LogP contribution in [0.15, 0.2) is 48.5 Å². The van der Waals surface area contributed by atoms with Gasteiger partial charge in [-0.25, -0.2) is 0 Å². The summed E-state index contributed by atoms with van der Waals surface area (Å²) in [5.74, 6) is 0.0510. The van der Waals surface area contributed by atoms with Crippen molar-refractivity contribution in [3.05, 3.63) is 48.5 Å². The molecule has 0 radical (unpaired) electrons. The van der Waals surface area contributed by atoms with Crippen LogP contribution in [0.25, 0.3) is 0 Å². The predicted octanol–water partition coefficient (Wildman–Crippen LogP) is 2.32. The van der Waals surface area contributed by atoms with E-state index in [0.29, 0.717) is 11.5 Å². The summed E-state index contributed by atoms with van der Waals surface area (Å²) in [7, 11) is 0. The third-order valence-electron chi connectivity index (χ3n) is 2.31. The molecule has 1 amide bonds. The fraction of sp³-hybridized carbons (Fsp3) is 0. The zero-order valence-electron chi connectivity index (χ0n) is 9.87. The van der Waals surface area contributed by atoms with E-state index in [-0.39, 0.29) is 17.7 Å². The number of nitrogens with one attached hydrogen (secondary N) is 1. The fourth-order valence-corrected chi connectivity index (χ4v) is 1.47. The highest BCUT2D eigenvalue weighted by Gasteiger charge is 2.07. The number of rotatable bonds is 4. The molecule has 0 saturated heterocycles. The number of carbonyl (C=O) groups is 2. The van der Waals surface area contributed by atoms with Gasteiger partial charge in [0.1, 0.15) is 17.2 Å². The van der Waals surface area contributed by atoms with E-state index in [1.807, 2.05) is 18.2 Å². The SMILES string of the molecule is O=CC(=O)Nc1ccc(Oc2ccccc2)cc1O. The van der Waals surface area contributed by atoms with Crippen molar-refractivity contribution in [1.82, 2.24) is 0 Å². The molecule has 5 nitrogen and oxygen atoms in total. The van der Waals surface area contributed by atoms with E-state index in [0.717, 1.165) is 0 Å². The van der Waals surface area contributed by atoms with Crippen molar-refractivity contribution in [1.29, 1.82) is 0 Å². The second-order valence-electron chi connectivity index (χ2n) is 3.70. The molecule has 0 unspecified atom stereocenters. The molecule has 2 aromatic carbocycles. The highest BCUT2D eigenvalue weighted by Crippen LogP contribution is 2.30. The molecule has 96 valence electrons. The van der Waals surface area contributed by atoms with Gasteiger partial charge < -0.3 is 15.2 Å². The van der Waals surface area contributed by atoms with Crippen LogP contribution >= 0.6 is 0 Å². The molecule has 2 aromatic rings. The van der Waals surface area contributed by atoms with Crippen molar-refractivity contribution in [2.24, 2.45) is 0 Å². The van der Waals surface area contributed by atoms with Gasteiger partial charge in [0, 0.05) is 6.07 Å². The minimum Gasteiger partial charge on any atom is -0.506 e. The van der Waals surface area contributed by atoms with E-state index in [2.05, 4.69) is 5.32 Å². The molecule has 2 N–H and O–H groups in total. The minimum atomic E-state index is -0.827. The molecule has 0 aromatic heterocycles. The molecule has 0 saturated carbocycles. The Hall–Kier alpha value is -2.82. The highest BCUT2D eigenvalue weighted by atomic mass is 16.5. The molecule has 0 aliphatic heterocycles. The number of carbonyl (C=O) groups excluding carboxylic acids is 2. The number of hydrogen-bond acceptors (Lipinski definition) is 4. The number of para-hydroxylation sites is 1. The third kappa shape index (κ3) is 3.32. The fourth-order valence-electron chi connectivity index (χ4n) is 1.47. The first-order valence-electron chi connectivity index (χ1n) is 5.51. The van der Waals surface area contributed by atoms with Crippen molar-refractivity contribution in [3.8, 4) is 17.2 Å². The van der Waals surface area contributed by atoms with Crippen LogP contribution in [0.2, 0.25) is 0 Å². The summed E-state index contributed by atoms with van der Waals surface area (Å²) in [6.45, 7) is 0. The maximum atomic E-state index is 10.9. The van der Waals surface area contributed by atoms with Crippen LogP contribution in [0.4, 0.5) is 5.69 Å². The maximum absolute atomic E-state index is 10.9. The van der Waals surface area contributed by atoms with Gasteiger partial charge in [0.05, 0.1) is 5.69 Å². The zero-order chi connectivity index (χ0) is 13.7. The average Bonchev–Trinajstić information content (AvgIpc) is 2.43. The minimum absolute atomic E-state index is 0.133. The Kier molecular flexibility index (Phi) is 3.78. The number of aldehydes is 1. The van der Waals surface area contributed by atoms with Gasteiger partial charge in [-0.3, -0.25) is 9.59 Å². The average molecular weight is 257 g/mol. The molecule has 19 heavy (non-hydrogen) atoms. The number of benzene rings is 2. The Labute approximate surface area is 109 Å². The summed E-state index contributed by atoms with van der Waals surface area (Å²) in [6, 6.07) is 13.5. The van der Waals surface area contributed by atoms with Crippen molar-refractivity contribution in [3.63, 3.8) is 0 Å².